The van der Waals surface area contributed by atoms with Crippen molar-refractivity contribution in [1.29, 1.82) is 0 Å². The molecule has 2 aromatic rings. The molecule has 2 atom stereocenters. The first-order valence-corrected chi connectivity index (χ1v) is 15.6. The van der Waals surface area contributed by atoms with Crippen LogP contribution >= 0.6 is 23.2 Å². The minimum atomic E-state index is -0.764. The Kier molecular flexibility index (Phi) is 11.5. The Labute approximate surface area is 258 Å². The number of benzene rings is 2. The average molecular weight is 618 g/mol. The standard InChI is InChI=1S/C31H42Cl2N6O3/c1-22(35-30(42)36-25-8-4-2-5-9-25)31(13-6-3-7-14-31)39-18-16-38(17-19-39)29(41)27(37-28(40)12-15-34)20-23-10-11-24(32)21-26(23)33/h2,4-5,8-11,21-22,27H,3,6-7,12-20,34H2,1H3,(H,37,40)(H2,35,36,42). The molecule has 5 N–H and O–H groups in total. The molecule has 0 bridgehead atoms. The van der Waals surface area contributed by atoms with Gasteiger partial charge in [-0.25, -0.2) is 4.79 Å². The van der Waals surface area contributed by atoms with Crippen molar-refractivity contribution in [2.24, 2.45) is 5.73 Å². The molecule has 2 aliphatic rings. The van der Waals surface area contributed by atoms with Gasteiger partial charge in [-0.05, 0) is 49.6 Å². The smallest absolute Gasteiger partial charge is 0.319 e. The monoisotopic (exact) mass is 616 g/mol. The van der Waals surface area contributed by atoms with E-state index in [2.05, 4.69) is 27.8 Å². The molecule has 42 heavy (non-hydrogen) atoms. The lowest BCUT2D eigenvalue weighted by Gasteiger charge is -2.53. The van der Waals surface area contributed by atoms with Crippen molar-refractivity contribution in [2.75, 3.05) is 38.0 Å². The molecule has 1 aliphatic carbocycles. The van der Waals surface area contributed by atoms with E-state index < -0.39 is 6.04 Å². The van der Waals surface area contributed by atoms with E-state index in [1.165, 1.54) is 6.42 Å². The molecule has 2 fully saturated rings. The van der Waals surface area contributed by atoms with E-state index >= 15 is 0 Å². The van der Waals surface area contributed by atoms with E-state index in [-0.39, 0.29) is 48.8 Å². The minimum absolute atomic E-state index is 0.0842. The van der Waals surface area contributed by atoms with Gasteiger partial charge in [0.2, 0.25) is 11.8 Å². The van der Waals surface area contributed by atoms with Crippen LogP contribution in [-0.4, -0.2) is 78.0 Å². The summed E-state index contributed by atoms with van der Waals surface area (Å²) in [6.45, 7) is 4.71. The number of halogens is 2. The van der Waals surface area contributed by atoms with Crippen molar-refractivity contribution >= 4 is 46.7 Å². The van der Waals surface area contributed by atoms with Crippen LogP contribution in [0.5, 0.6) is 0 Å². The van der Waals surface area contributed by atoms with Gasteiger partial charge in [-0.2, -0.15) is 0 Å². The molecule has 228 valence electrons. The Morgan fingerprint density at radius 1 is 0.952 bits per heavy atom. The van der Waals surface area contributed by atoms with Gasteiger partial charge in [0, 0.05) is 72.9 Å². The van der Waals surface area contributed by atoms with Gasteiger partial charge in [0.25, 0.3) is 0 Å². The molecular weight excluding hydrogens is 575 g/mol. The van der Waals surface area contributed by atoms with Crippen LogP contribution in [-0.2, 0) is 16.0 Å². The number of nitrogens with two attached hydrogens (primary N) is 1. The number of carbonyl (C=O) groups is 3. The van der Waals surface area contributed by atoms with Gasteiger partial charge in [-0.1, -0.05) is 66.7 Å². The second-order valence-corrected chi connectivity index (χ2v) is 12.1. The van der Waals surface area contributed by atoms with Crippen LogP contribution < -0.4 is 21.7 Å². The van der Waals surface area contributed by atoms with Crippen LogP contribution in [0.2, 0.25) is 10.0 Å². The average Bonchev–Trinajstić information content (AvgIpc) is 2.98. The highest BCUT2D eigenvalue weighted by atomic mass is 35.5. The predicted molar refractivity (Wildman–Crippen MR) is 168 cm³/mol. The largest absolute Gasteiger partial charge is 0.344 e. The highest BCUT2D eigenvalue weighted by molar-refractivity contribution is 6.35. The van der Waals surface area contributed by atoms with E-state index in [1.807, 2.05) is 35.2 Å². The lowest BCUT2D eigenvalue weighted by Crippen LogP contribution is -2.67. The molecule has 11 heteroatoms. The Hall–Kier alpha value is -2.85. The predicted octanol–water partition coefficient (Wildman–Crippen LogP) is 4.43. The van der Waals surface area contributed by atoms with E-state index in [0.29, 0.717) is 36.2 Å². The fraction of sp³-hybridized carbons (Fsp3) is 0.516. The van der Waals surface area contributed by atoms with Gasteiger partial charge < -0.3 is 26.6 Å². The zero-order chi connectivity index (χ0) is 30.1. The van der Waals surface area contributed by atoms with Gasteiger partial charge in [0.05, 0.1) is 0 Å². The molecule has 2 unspecified atom stereocenters. The third-order valence-corrected chi connectivity index (χ3v) is 9.16. The molecule has 9 nitrogen and oxygen atoms in total. The summed E-state index contributed by atoms with van der Waals surface area (Å²) in [5, 5.41) is 9.98. The SMILES string of the molecule is CC(NC(=O)Nc1ccccc1)C1(N2CCN(C(=O)C(Cc3ccc(Cl)cc3Cl)NC(=O)CCN)CC2)CCCCC1. The molecule has 1 saturated carbocycles. The number of piperazine rings is 1. The van der Waals surface area contributed by atoms with Crippen molar-refractivity contribution in [3.63, 3.8) is 0 Å². The number of hydrogen-bond donors (Lipinski definition) is 4. The summed E-state index contributed by atoms with van der Waals surface area (Å²) in [4.78, 5) is 43.4. The maximum Gasteiger partial charge on any atom is 0.319 e. The van der Waals surface area contributed by atoms with Crippen molar-refractivity contribution < 1.29 is 14.4 Å². The van der Waals surface area contributed by atoms with Crippen molar-refractivity contribution in [1.82, 2.24) is 20.4 Å². The third-order valence-electron chi connectivity index (χ3n) is 8.57. The number of rotatable bonds is 10. The topological polar surface area (TPSA) is 120 Å². The van der Waals surface area contributed by atoms with Crippen LogP contribution in [0, 0.1) is 0 Å². The Balaban J connectivity index is 1.43. The third kappa shape index (κ3) is 8.16. The first-order chi connectivity index (χ1) is 20.2. The number of amides is 4. The Morgan fingerprint density at radius 3 is 2.29 bits per heavy atom. The highest BCUT2D eigenvalue weighted by Crippen LogP contribution is 2.37. The van der Waals surface area contributed by atoms with Crippen LogP contribution in [0.1, 0.15) is 51.0 Å². The van der Waals surface area contributed by atoms with Crippen LogP contribution in [0.4, 0.5) is 10.5 Å². The summed E-state index contributed by atoms with van der Waals surface area (Å²) in [5.74, 6) is -0.411. The van der Waals surface area contributed by atoms with E-state index in [0.717, 1.165) is 36.9 Å². The molecule has 1 heterocycles. The van der Waals surface area contributed by atoms with Gasteiger partial charge in [0.15, 0.2) is 0 Å². The zero-order valence-corrected chi connectivity index (χ0v) is 25.7. The molecule has 4 rings (SSSR count). The molecule has 0 spiro atoms. The van der Waals surface area contributed by atoms with Gasteiger partial charge >= 0.3 is 6.03 Å². The lowest BCUT2D eigenvalue weighted by molar-refractivity contribution is -0.139. The highest BCUT2D eigenvalue weighted by Gasteiger charge is 2.45. The quantitative estimate of drug-likeness (QED) is 0.315. The number of para-hydroxylation sites is 1. The van der Waals surface area contributed by atoms with Crippen molar-refractivity contribution in [3.05, 3.63) is 64.1 Å². The van der Waals surface area contributed by atoms with Gasteiger partial charge in [-0.3, -0.25) is 14.5 Å². The maximum absolute atomic E-state index is 13.8. The number of nitrogens with one attached hydrogen (secondary N) is 3. The molecule has 1 saturated heterocycles. The van der Waals surface area contributed by atoms with Crippen molar-refractivity contribution in [2.45, 2.75) is 69.5 Å². The lowest BCUT2D eigenvalue weighted by atomic mass is 9.75. The molecule has 2 aromatic carbocycles. The van der Waals surface area contributed by atoms with E-state index in [9.17, 15) is 14.4 Å². The fourth-order valence-electron chi connectivity index (χ4n) is 6.30. The molecular formula is C31H42Cl2N6O3. The van der Waals surface area contributed by atoms with Crippen LogP contribution in [0.15, 0.2) is 48.5 Å². The fourth-order valence-corrected chi connectivity index (χ4v) is 6.79. The number of hydrogen-bond acceptors (Lipinski definition) is 5. The number of carbonyl (C=O) groups excluding carboxylic acids is 3. The number of anilines is 1. The van der Waals surface area contributed by atoms with Gasteiger partial charge in [0.1, 0.15) is 6.04 Å². The summed E-state index contributed by atoms with van der Waals surface area (Å²) in [6.07, 6.45) is 5.75. The van der Waals surface area contributed by atoms with Gasteiger partial charge in [-0.15, -0.1) is 0 Å². The van der Waals surface area contributed by atoms with Crippen molar-refractivity contribution in [3.8, 4) is 0 Å². The maximum atomic E-state index is 13.8. The summed E-state index contributed by atoms with van der Waals surface area (Å²) in [7, 11) is 0. The number of nitrogens with zero attached hydrogens (tertiary/aromatic N) is 2. The summed E-state index contributed by atoms with van der Waals surface area (Å²) < 4.78 is 0. The minimum Gasteiger partial charge on any atom is -0.344 e. The van der Waals surface area contributed by atoms with Crippen LogP contribution in [0.25, 0.3) is 0 Å². The number of urea groups is 1. The summed E-state index contributed by atoms with van der Waals surface area (Å²) in [6, 6.07) is 13.5. The zero-order valence-electron chi connectivity index (χ0n) is 24.2. The van der Waals surface area contributed by atoms with E-state index in [4.69, 9.17) is 28.9 Å². The Morgan fingerprint density at radius 2 is 1.64 bits per heavy atom. The van der Waals surface area contributed by atoms with Crippen LogP contribution in [0.3, 0.4) is 0 Å². The second kappa shape index (κ2) is 15.0. The first kappa shape index (κ1) is 32.1. The second-order valence-electron chi connectivity index (χ2n) is 11.3. The summed E-state index contributed by atoms with van der Waals surface area (Å²) >= 11 is 12.5. The van der Waals surface area contributed by atoms with E-state index in [1.54, 1.807) is 18.2 Å². The molecule has 4 amide bonds. The molecule has 1 aliphatic heterocycles. The molecule has 0 aromatic heterocycles. The normalized spacial score (nSPS) is 18.5. The summed E-state index contributed by atoms with van der Waals surface area (Å²) in [5.41, 5.74) is 6.88. The Bertz CT molecular complexity index is 1220. The first-order valence-electron chi connectivity index (χ1n) is 14.8. The molecule has 0 radical (unpaired) electrons.